The van der Waals surface area contributed by atoms with E-state index in [2.05, 4.69) is 10.4 Å². The molecule has 1 N–H and O–H groups in total. The van der Waals surface area contributed by atoms with Crippen molar-refractivity contribution in [2.75, 3.05) is 13.2 Å². The second-order valence-electron chi connectivity index (χ2n) is 11.6. The molecule has 1 amide bonds. The van der Waals surface area contributed by atoms with E-state index in [1.165, 1.54) is 24.1 Å². The summed E-state index contributed by atoms with van der Waals surface area (Å²) in [4.78, 5) is 40.9. The topological polar surface area (TPSA) is 185 Å². The summed E-state index contributed by atoms with van der Waals surface area (Å²) >= 11 is 0. The van der Waals surface area contributed by atoms with E-state index in [0.29, 0.717) is 12.0 Å². The van der Waals surface area contributed by atoms with Crippen molar-refractivity contribution in [1.82, 2.24) is 19.5 Å². The fraction of sp³-hybridized carbons (Fsp3) is 0.419. The van der Waals surface area contributed by atoms with Crippen LogP contribution in [0.25, 0.3) is 16.9 Å². The number of sulfonamides is 1. The van der Waals surface area contributed by atoms with Gasteiger partial charge in [-0.2, -0.15) is 18.3 Å². The highest BCUT2D eigenvalue weighted by Gasteiger charge is 2.37. The second-order valence-corrected chi connectivity index (χ2v) is 13.3. The number of hydrogen-bond acceptors (Lipinski definition) is 11. The van der Waals surface area contributed by atoms with Crippen LogP contribution in [0.1, 0.15) is 51.3 Å². The molecule has 1 fully saturated rings. The lowest BCUT2D eigenvalue weighted by Gasteiger charge is -2.34. The normalized spacial score (nSPS) is 15.6. The van der Waals surface area contributed by atoms with Gasteiger partial charge in [-0.25, -0.2) is 17.8 Å². The summed E-state index contributed by atoms with van der Waals surface area (Å²) in [7, 11) is -4.41. The quantitative estimate of drug-likeness (QED) is 0.0816. The minimum Gasteiger partial charge on any atom is -0.569 e. The molecule has 1 unspecified atom stereocenters. The van der Waals surface area contributed by atoms with E-state index in [0.717, 1.165) is 28.4 Å². The highest BCUT2D eigenvalue weighted by atomic mass is 32.2. The SMILES string of the molecule is Cc1ccc(-c2cc(C(F)(F)F)nn2-c2ccc(S(=O)(=O)NC(=O)CCC(=O)OC[C@@H]3CCN3/[N+]([O-])=N/OC(C)OC(=O)C(C)C)cc2)cc1. The monoisotopic (exact) mass is 724 g/mol. The zero-order chi connectivity index (χ0) is 36.8. The summed E-state index contributed by atoms with van der Waals surface area (Å²) in [5.74, 6) is -2.76. The fourth-order valence-electron chi connectivity index (χ4n) is 4.45. The Kier molecular flexibility index (Phi) is 11.7. The van der Waals surface area contributed by atoms with Crippen LogP contribution in [0.4, 0.5) is 13.2 Å². The molecule has 1 aromatic heterocycles. The highest BCUT2D eigenvalue weighted by Crippen LogP contribution is 2.33. The van der Waals surface area contributed by atoms with E-state index in [1.807, 2.05) is 11.6 Å². The van der Waals surface area contributed by atoms with Gasteiger partial charge in [0.25, 0.3) is 16.3 Å². The van der Waals surface area contributed by atoms with Gasteiger partial charge >= 0.3 is 18.1 Å². The van der Waals surface area contributed by atoms with Gasteiger partial charge in [0.15, 0.2) is 5.69 Å². The zero-order valence-corrected chi connectivity index (χ0v) is 28.2. The fourth-order valence-corrected chi connectivity index (χ4v) is 5.46. The van der Waals surface area contributed by atoms with E-state index in [-0.39, 0.29) is 34.4 Å². The average Bonchev–Trinajstić information content (AvgIpc) is 3.49. The summed E-state index contributed by atoms with van der Waals surface area (Å²) in [5, 5.41) is 20.4. The van der Waals surface area contributed by atoms with Gasteiger partial charge in [0.1, 0.15) is 12.6 Å². The van der Waals surface area contributed by atoms with Gasteiger partial charge in [-0.15, -0.1) is 5.01 Å². The van der Waals surface area contributed by atoms with Gasteiger partial charge in [-0.05, 0) is 43.7 Å². The van der Waals surface area contributed by atoms with Crippen molar-refractivity contribution in [2.24, 2.45) is 11.2 Å². The standard InChI is InChI=1S/C31H35F3N6O9S/c1-19(2)30(43)48-21(4)49-37-40(44)38-16-15-24(38)18-47-29(42)14-13-28(41)36-50(45,46)25-11-9-23(10-12-25)39-26(17-27(35-39)31(32,33)34)22-7-5-20(3)6-8-22/h5-12,17,19,21,24H,13-16,18H2,1-4H3,(H,36,41)/b40-37-/t21?,24-/m0/s1. The number of benzene rings is 2. The number of nitrogens with zero attached hydrogens (tertiary/aromatic N) is 5. The maximum atomic E-state index is 13.5. The van der Waals surface area contributed by atoms with E-state index in [9.17, 15) is 41.2 Å². The molecule has 270 valence electrons. The predicted octanol–water partition coefficient (Wildman–Crippen LogP) is 4.42. The van der Waals surface area contributed by atoms with Crippen molar-refractivity contribution in [1.29, 1.82) is 0 Å². The molecule has 1 saturated heterocycles. The molecular formula is C31H35F3N6O9S. The number of carbonyl (C=O) groups excluding carboxylic acids is 3. The third-order valence-corrected chi connectivity index (χ3v) is 8.72. The van der Waals surface area contributed by atoms with E-state index < -0.39 is 70.8 Å². The lowest BCUT2D eigenvalue weighted by atomic mass is 10.1. The number of amides is 1. The molecule has 19 heteroatoms. The van der Waals surface area contributed by atoms with Gasteiger partial charge in [-0.1, -0.05) is 43.7 Å². The van der Waals surface area contributed by atoms with E-state index in [4.69, 9.17) is 14.3 Å². The van der Waals surface area contributed by atoms with Gasteiger partial charge in [0, 0.05) is 18.9 Å². The van der Waals surface area contributed by atoms with Crippen molar-refractivity contribution >= 4 is 27.9 Å². The molecule has 50 heavy (non-hydrogen) atoms. The van der Waals surface area contributed by atoms with Crippen molar-refractivity contribution < 1.29 is 55.3 Å². The molecule has 15 nitrogen and oxygen atoms in total. The van der Waals surface area contributed by atoms with Crippen LogP contribution in [0.15, 0.2) is 64.8 Å². The summed E-state index contributed by atoms with van der Waals surface area (Å²) in [6.45, 7) is 6.53. The van der Waals surface area contributed by atoms with Crippen LogP contribution in [0.3, 0.4) is 0 Å². The predicted molar refractivity (Wildman–Crippen MR) is 167 cm³/mol. The van der Waals surface area contributed by atoms with Gasteiger partial charge in [0.2, 0.25) is 11.2 Å². The van der Waals surface area contributed by atoms with Crippen LogP contribution in [0.2, 0.25) is 0 Å². The second kappa shape index (κ2) is 15.6. The molecule has 1 aliphatic heterocycles. The summed E-state index contributed by atoms with van der Waals surface area (Å²) in [6, 6.07) is 11.8. The Bertz CT molecular complexity index is 1830. The molecule has 1 aliphatic rings. The third-order valence-electron chi connectivity index (χ3n) is 7.33. The summed E-state index contributed by atoms with van der Waals surface area (Å²) < 4.78 is 79.1. The van der Waals surface area contributed by atoms with Crippen molar-refractivity contribution in [3.63, 3.8) is 0 Å². The number of alkyl halides is 3. The average molecular weight is 725 g/mol. The number of halogens is 3. The number of hydrogen-bond donors (Lipinski definition) is 1. The Hall–Kier alpha value is -5.20. The number of rotatable bonds is 14. The van der Waals surface area contributed by atoms with Crippen LogP contribution in [0, 0.1) is 18.0 Å². The van der Waals surface area contributed by atoms with Crippen LogP contribution in [-0.2, 0) is 44.9 Å². The van der Waals surface area contributed by atoms with Gasteiger partial charge in [-0.3, -0.25) is 19.2 Å². The summed E-state index contributed by atoms with van der Waals surface area (Å²) in [6.07, 6.45) is -6.36. The Morgan fingerprint density at radius 2 is 1.74 bits per heavy atom. The van der Waals surface area contributed by atoms with Crippen molar-refractivity contribution in [2.45, 2.75) is 70.4 Å². The van der Waals surface area contributed by atoms with Gasteiger partial charge in [0.05, 0.1) is 40.1 Å². The molecule has 2 aromatic carbocycles. The first-order chi connectivity index (χ1) is 23.4. The van der Waals surface area contributed by atoms with Crippen LogP contribution in [-0.4, -0.2) is 71.5 Å². The Balaban J connectivity index is 1.28. The van der Waals surface area contributed by atoms with E-state index >= 15 is 0 Å². The maximum Gasteiger partial charge on any atom is 0.435 e. The highest BCUT2D eigenvalue weighted by molar-refractivity contribution is 7.90. The van der Waals surface area contributed by atoms with Crippen molar-refractivity contribution in [3.8, 4) is 16.9 Å². The number of esters is 2. The molecule has 0 spiro atoms. The van der Waals surface area contributed by atoms with Crippen LogP contribution in [0.5, 0.6) is 0 Å². The van der Waals surface area contributed by atoms with E-state index in [1.54, 1.807) is 38.1 Å². The first-order valence-electron chi connectivity index (χ1n) is 15.3. The zero-order valence-electron chi connectivity index (χ0n) is 27.4. The molecule has 0 radical (unpaired) electrons. The number of hydrazine groups is 1. The molecule has 2 atom stereocenters. The number of aryl methyl sites for hydroxylation is 1. The van der Waals surface area contributed by atoms with Crippen LogP contribution >= 0.6 is 0 Å². The minimum atomic E-state index is -4.72. The molecule has 0 aliphatic carbocycles. The molecular weight excluding hydrogens is 689 g/mol. The smallest absolute Gasteiger partial charge is 0.435 e. The Morgan fingerprint density at radius 3 is 2.32 bits per heavy atom. The molecule has 2 heterocycles. The lowest BCUT2D eigenvalue weighted by molar-refractivity contribution is -0.734. The largest absolute Gasteiger partial charge is 0.569 e. The first kappa shape index (κ1) is 37.6. The lowest BCUT2D eigenvalue weighted by Crippen LogP contribution is -2.53. The molecule has 3 aromatic rings. The number of ether oxygens (including phenoxy) is 2. The van der Waals surface area contributed by atoms with Gasteiger partial charge < -0.3 is 14.7 Å². The summed E-state index contributed by atoms with van der Waals surface area (Å²) in [5.41, 5.74) is 0.485. The van der Waals surface area contributed by atoms with Crippen molar-refractivity contribution in [3.05, 3.63) is 71.1 Å². The third kappa shape index (κ3) is 9.70. The molecule has 4 rings (SSSR count). The number of carbonyl (C=O) groups is 3. The minimum absolute atomic E-state index is 0.128. The molecule has 0 saturated carbocycles. The van der Waals surface area contributed by atoms with Crippen LogP contribution < -0.4 is 4.72 Å². The Labute approximate surface area is 285 Å². The number of nitrogens with one attached hydrogen (secondary N) is 1. The maximum absolute atomic E-state index is 13.5. The number of aromatic nitrogens is 2. The molecule has 0 bridgehead atoms. The Morgan fingerprint density at radius 1 is 1.08 bits per heavy atom. The first-order valence-corrected chi connectivity index (χ1v) is 16.8.